The molecule has 1 N–H and O–H groups in total. The average Bonchev–Trinajstić information content (AvgIpc) is 4.14. The van der Waals surface area contributed by atoms with Gasteiger partial charge in [0.2, 0.25) is 5.91 Å². The Hall–Kier alpha value is -5.88. The van der Waals surface area contributed by atoms with Crippen molar-refractivity contribution in [2.75, 3.05) is 40.5 Å². The number of aliphatic imine (C=N–C) groups is 1. The fraction of sp³-hybridized carbons (Fsp3) is 0.347. The highest BCUT2D eigenvalue weighted by Gasteiger charge is 2.46. The second kappa shape index (κ2) is 17.8. The summed E-state index contributed by atoms with van der Waals surface area (Å²) in [6, 6.07) is 36.1. The molecule has 0 radical (unpaired) electrons. The lowest BCUT2D eigenvalue weighted by molar-refractivity contribution is -0.137. The molecule has 4 atom stereocenters. The summed E-state index contributed by atoms with van der Waals surface area (Å²) in [5.41, 5.74) is 9.23. The van der Waals surface area contributed by atoms with Gasteiger partial charge in [-0.25, -0.2) is 9.78 Å². The van der Waals surface area contributed by atoms with Gasteiger partial charge < -0.3 is 24.1 Å². The number of imidazole rings is 1. The number of rotatable bonds is 11. The number of carbonyl (C=O) groups is 2. The van der Waals surface area contributed by atoms with E-state index in [1.165, 1.54) is 0 Å². The highest BCUT2D eigenvalue weighted by Crippen LogP contribution is 2.37. The van der Waals surface area contributed by atoms with Crippen molar-refractivity contribution in [3.63, 3.8) is 0 Å². The van der Waals surface area contributed by atoms with Crippen LogP contribution in [0.25, 0.3) is 28.0 Å². The Balaban J connectivity index is 0.837. The lowest BCUT2D eigenvalue weighted by Gasteiger charge is -2.34. The van der Waals surface area contributed by atoms with Crippen molar-refractivity contribution < 1.29 is 23.8 Å². The Morgan fingerprint density at radius 3 is 2.20 bits per heavy atom. The van der Waals surface area contributed by atoms with E-state index in [1.54, 1.807) is 4.90 Å². The van der Waals surface area contributed by atoms with Crippen LogP contribution in [-0.4, -0.2) is 95.1 Å². The minimum absolute atomic E-state index is 0.0902. The molecule has 0 spiro atoms. The molecule has 2 amide bonds. The maximum atomic E-state index is 13.9. The Morgan fingerprint density at radius 2 is 1.50 bits per heavy atom. The maximum Gasteiger partial charge on any atom is 0.412 e. The topological polar surface area (TPSA) is 113 Å². The molecule has 1 aromatic heterocycles. The normalized spacial score (nSPS) is 21.3. The predicted octanol–water partition coefficient (Wildman–Crippen LogP) is 8.69. The van der Waals surface area contributed by atoms with Crippen LogP contribution in [0, 0.1) is 5.92 Å². The van der Waals surface area contributed by atoms with E-state index in [0.717, 1.165) is 81.9 Å². The molecule has 11 nitrogen and oxygen atoms in total. The van der Waals surface area contributed by atoms with Gasteiger partial charge >= 0.3 is 6.09 Å². The molecule has 0 aliphatic carbocycles. The van der Waals surface area contributed by atoms with Gasteiger partial charge in [0.1, 0.15) is 24.7 Å². The molecule has 9 rings (SSSR count). The minimum atomic E-state index is -0.373. The first-order chi connectivity index (χ1) is 29.4. The van der Waals surface area contributed by atoms with Gasteiger partial charge in [0.25, 0.3) is 0 Å². The summed E-state index contributed by atoms with van der Waals surface area (Å²) in [5.74, 6) is 1.11. The van der Waals surface area contributed by atoms with Crippen molar-refractivity contribution in [1.82, 2.24) is 24.7 Å². The van der Waals surface area contributed by atoms with Crippen molar-refractivity contribution >= 4 is 23.3 Å². The molecule has 4 aromatic carbocycles. The van der Waals surface area contributed by atoms with Gasteiger partial charge in [0.15, 0.2) is 0 Å². The quantitative estimate of drug-likeness (QED) is 0.142. The number of amides is 2. The van der Waals surface area contributed by atoms with Gasteiger partial charge in [0, 0.05) is 44.0 Å². The first-order valence-electron chi connectivity index (χ1n) is 21.1. The van der Waals surface area contributed by atoms with Crippen LogP contribution in [0.1, 0.15) is 66.7 Å². The van der Waals surface area contributed by atoms with E-state index in [4.69, 9.17) is 24.2 Å². The fourth-order valence-corrected chi connectivity index (χ4v) is 9.14. The molecule has 5 heterocycles. The van der Waals surface area contributed by atoms with Gasteiger partial charge in [-0.15, -0.1) is 0 Å². The van der Waals surface area contributed by atoms with E-state index < -0.39 is 0 Å². The number of hydrogen-bond acceptors (Lipinski definition) is 8. The zero-order chi connectivity index (χ0) is 41.0. The Bertz CT molecular complexity index is 2320. The number of likely N-dealkylation sites (tertiary alicyclic amines) is 1. The maximum absolute atomic E-state index is 13.9. The number of carbonyl (C=O) groups excluding carboxylic acids is 2. The van der Waals surface area contributed by atoms with E-state index >= 15 is 0 Å². The molecule has 5 aromatic rings. The number of likely N-dealkylation sites (N-methyl/N-ethyl adjacent to an activating group) is 1. The van der Waals surface area contributed by atoms with Gasteiger partial charge in [-0.1, -0.05) is 109 Å². The van der Waals surface area contributed by atoms with Crippen LogP contribution in [0.2, 0.25) is 0 Å². The van der Waals surface area contributed by atoms with E-state index in [1.807, 2.05) is 97.0 Å². The number of ether oxygens (including phenoxy) is 3. The lowest BCUT2D eigenvalue weighted by Crippen LogP contribution is -2.49. The monoisotopic (exact) mass is 804 g/mol. The first kappa shape index (κ1) is 39.6. The van der Waals surface area contributed by atoms with E-state index in [0.29, 0.717) is 32.8 Å². The fourth-order valence-electron chi connectivity index (χ4n) is 9.14. The number of nitrogens with zero attached hydrogens (tertiary/aromatic N) is 5. The summed E-state index contributed by atoms with van der Waals surface area (Å²) >= 11 is 0. The summed E-state index contributed by atoms with van der Waals surface area (Å²) < 4.78 is 17.8. The zero-order valence-corrected chi connectivity index (χ0v) is 34.3. The van der Waals surface area contributed by atoms with E-state index in [2.05, 4.69) is 53.5 Å². The summed E-state index contributed by atoms with van der Waals surface area (Å²) in [6.07, 6.45) is 7.19. The Morgan fingerprint density at radius 1 is 0.833 bits per heavy atom. The molecule has 308 valence electrons. The summed E-state index contributed by atoms with van der Waals surface area (Å²) in [4.78, 5) is 46.7. The van der Waals surface area contributed by atoms with E-state index in [9.17, 15) is 9.59 Å². The van der Waals surface area contributed by atoms with Gasteiger partial charge in [-0.3, -0.25) is 19.6 Å². The third kappa shape index (κ3) is 8.30. The van der Waals surface area contributed by atoms with Crippen LogP contribution in [-0.2, 0) is 25.6 Å². The number of hydrogen-bond donors (Lipinski definition) is 1. The summed E-state index contributed by atoms with van der Waals surface area (Å²) in [5, 5.41) is 0. The molecule has 0 bridgehead atoms. The van der Waals surface area contributed by atoms with Gasteiger partial charge in [-0.2, -0.15) is 0 Å². The third-order valence-corrected chi connectivity index (χ3v) is 12.4. The molecule has 0 saturated carbocycles. The molecular formula is C49H52N6O5. The highest BCUT2D eigenvalue weighted by atomic mass is 16.6. The summed E-state index contributed by atoms with van der Waals surface area (Å²) in [7, 11) is 3.92. The molecule has 4 aliphatic heterocycles. The number of aromatic amines is 1. The number of nitrogens with one attached hydrogen (secondary N) is 1. The van der Waals surface area contributed by atoms with Gasteiger partial charge in [-0.05, 0) is 78.7 Å². The van der Waals surface area contributed by atoms with Crippen LogP contribution in [0.3, 0.4) is 0 Å². The zero-order valence-electron chi connectivity index (χ0n) is 34.3. The molecule has 4 aliphatic rings. The van der Waals surface area contributed by atoms with E-state index in [-0.39, 0.29) is 48.9 Å². The molecule has 60 heavy (non-hydrogen) atoms. The van der Waals surface area contributed by atoms with Crippen molar-refractivity contribution in [3.05, 3.63) is 144 Å². The number of H-pyrrole nitrogens is 1. The number of aromatic nitrogens is 2. The van der Waals surface area contributed by atoms with Crippen LogP contribution < -0.4 is 0 Å². The van der Waals surface area contributed by atoms with Crippen LogP contribution in [0.5, 0.6) is 0 Å². The Labute approximate surface area is 351 Å². The van der Waals surface area contributed by atoms with Crippen LogP contribution in [0.4, 0.5) is 4.79 Å². The Kier molecular flexibility index (Phi) is 11.7. The van der Waals surface area contributed by atoms with Crippen molar-refractivity contribution in [1.29, 1.82) is 0 Å². The second-order valence-corrected chi connectivity index (χ2v) is 16.4. The van der Waals surface area contributed by atoms with Gasteiger partial charge in [0.05, 0.1) is 30.6 Å². The van der Waals surface area contributed by atoms with Crippen LogP contribution >= 0.6 is 0 Å². The molecule has 11 heteroatoms. The third-order valence-electron chi connectivity index (χ3n) is 12.4. The predicted molar refractivity (Wildman–Crippen MR) is 232 cm³/mol. The standard InChI is InChI=1S/C49H52N6O5/c1-53(2)45(38-12-7-4-8-13-38)47(56)54-25-9-14-43(54)46-51-30-42(52-46)37-21-19-35(20-22-37)34-15-17-36(18-16-34)40-28-41(50-29-40)44-32-59-48(39-23-26-58-27-24-39)55(44)49(57)60-31-33-10-5-3-6-11-33/h3-8,10-13,15-22,29-30,39,43-45,48H,9,14,23-28,31-32H2,1-2H3,(H,51,52)/t43-,44-,45+,48?/m0/s1. The number of allylic oxidation sites excluding steroid dienone is 1. The highest BCUT2D eigenvalue weighted by molar-refractivity contribution is 6.03. The number of benzene rings is 4. The summed E-state index contributed by atoms with van der Waals surface area (Å²) in [6.45, 7) is 2.64. The smallest absolute Gasteiger partial charge is 0.412 e. The van der Waals surface area contributed by atoms with Crippen molar-refractivity contribution in [2.45, 2.75) is 63.1 Å². The average molecular weight is 805 g/mol. The van der Waals surface area contributed by atoms with Crippen molar-refractivity contribution in [3.8, 4) is 22.4 Å². The first-order valence-corrected chi connectivity index (χ1v) is 21.1. The molecule has 3 fully saturated rings. The molecular weight excluding hydrogens is 753 g/mol. The minimum Gasteiger partial charge on any atom is -0.444 e. The SMILES string of the molecule is CN(C)[C@@H](C(=O)N1CCC[C@H]1c1ncc(-c2ccc(-c3ccc(C4=CN=C([C@@H]5COC(C6CCOCC6)N5C(=O)OCc5ccccc5)C4)cc3)cc2)[nH]1)c1ccccc1. The molecule has 3 saturated heterocycles. The largest absolute Gasteiger partial charge is 0.444 e. The van der Waals surface area contributed by atoms with Crippen LogP contribution in [0.15, 0.2) is 127 Å². The molecule has 1 unspecified atom stereocenters. The van der Waals surface area contributed by atoms with Crippen molar-refractivity contribution in [2.24, 2.45) is 10.9 Å². The second-order valence-electron chi connectivity index (χ2n) is 16.4. The lowest BCUT2D eigenvalue weighted by atomic mass is 9.95.